The van der Waals surface area contributed by atoms with Gasteiger partial charge in [-0.05, 0) is 40.7 Å². The molecule has 0 rings (SSSR count). The second-order valence-corrected chi connectivity index (χ2v) is 6.04. The SMILES string of the molecule is C=C/C=C/N(C(C)C(=O)NCCOC(=O)C(=C)C)C(C)(C)C. The van der Waals surface area contributed by atoms with Crippen LogP contribution in [0.1, 0.15) is 34.6 Å². The fraction of sp³-hybridized carbons (Fsp3) is 0.529. The summed E-state index contributed by atoms with van der Waals surface area (Å²) in [5.41, 5.74) is 0.135. The van der Waals surface area contributed by atoms with Gasteiger partial charge in [-0.1, -0.05) is 19.2 Å². The molecule has 0 saturated heterocycles. The van der Waals surface area contributed by atoms with Gasteiger partial charge >= 0.3 is 5.97 Å². The average Bonchev–Trinajstić information content (AvgIpc) is 2.41. The van der Waals surface area contributed by atoms with E-state index in [1.54, 1.807) is 19.1 Å². The Morgan fingerprint density at radius 1 is 1.36 bits per heavy atom. The lowest BCUT2D eigenvalue weighted by Gasteiger charge is -2.38. The fourth-order valence-electron chi connectivity index (χ4n) is 1.80. The number of hydrogen-bond acceptors (Lipinski definition) is 4. The number of ether oxygens (including phenoxy) is 1. The lowest BCUT2D eigenvalue weighted by atomic mass is 10.0. The number of allylic oxidation sites excluding steroid dienone is 2. The van der Waals surface area contributed by atoms with Crippen molar-refractivity contribution in [2.24, 2.45) is 0 Å². The van der Waals surface area contributed by atoms with E-state index in [0.717, 1.165) is 0 Å². The van der Waals surface area contributed by atoms with Crippen molar-refractivity contribution in [3.8, 4) is 0 Å². The molecule has 0 aromatic rings. The van der Waals surface area contributed by atoms with Crippen LogP contribution in [0.4, 0.5) is 0 Å². The summed E-state index contributed by atoms with van der Waals surface area (Å²) < 4.78 is 4.93. The Labute approximate surface area is 133 Å². The van der Waals surface area contributed by atoms with Gasteiger partial charge in [-0.15, -0.1) is 0 Å². The molecule has 0 aliphatic heterocycles. The van der Waals surface area contributed by atoms with Crippen LogP contribution in [0.2, 0.25) is 0 Å². The quantitative estimate of drug-likeness (QED) is 0.324. The van der Waals surface area contributed by atoms with Crippen LogP contribution in [0.25, 0.3) is 0 Å². The summed E-state index contributed by atoms with van der Waals surface area (Å²) in [5.74, 6) is -0.581. The van der Waals surface area contributed by atoms with Crippen molar-refractivity contribution >= 4 is 11.9 Å². The normalized spacial score (nSPS) is 12.6. The Morgan fingerprint density at radius 3 is 2.41 bits per heavy atom. The van der Waals surface area contributed by atoms with E-state index in [2.05, 4.69) is 18.5 Å². The molecule has 5 heteroatoms. The molecule has 22 heavy (non-hydrogen) atoms. The maximum atomic E-state index is 12.2. The molecule has 1 unspecified atom stereocenters. The summed E-state index contributed by atoms with van der Waals surface area (Å²) in [7, 11) is 0. The van der Waals surface area contributed by atoms with Gasteiger partial charge in [0.15, 0.2) is 0 Å². The van der Waals surface area contributed by atoms with Crippen LogP contribution >= 0.6 is 0 Å². The lowest BCUT2D eigenvalue weighted by Crippen LogP contribution is -2.50. The first-order chi connectivity index (χ1) is 10.1. The van der Waals surface area contributed by atoms with Gasteiger partial charge in [-0.2, -0.15) is 0 Å². The van der Waals surface area contributed by atoms with E-state index >= 15 is 0 Å². The highest BCUT2D eigenvalue weighted by molar-refractivity contribution is 5.87. The highest BCUT2D eigenvalue weighted by atomic mass is 16.5. The smallest absolute Gasteiger partial charge is 0.333 e. The second-order valence-electron chi connectivity index (χ2n) is 6.04. The molecule has 0 aromatic heterocycles. The Morgan fingerprint density at radius 2 is 1.95 bits per heavy atom. The third-order valence-electron chi connectivity index (χ3n) is 2.94. The summed E-state index contributed by atoms with van der Waals surface area (Å²) in [4.78, 5) is 25.4. The van der Waals surface area contributed by atoms with Gasteiger partial charge in [0, 0.05) is 17.3 Å². The maximum Gasteiger partial charge on any atom is 0.333 e. The zero-order chi connectivity index (χ0) is 17.3. The monoisotopic (exact) mass is 308 g/mol. The molecule has 1 atom stereocenters. The van der Waals surface area contributed by atoms with Crippen molar-refractivity contribution in [2.75, 3.05) is 13.2 Å². The summed E-state index contributed by atoms with van der Waals surface area (Å²) >= 11 is 0. The standard InChI is InChI=1S/C17H28N2O3/c1-8-9-11-19(17(5,6)7)14(4)15(20)18-10-12-22-16(21)13(2)3/h8-9,11,14H,1-2,10,12H2,3-7H3,(H,18,20)/b11-9+. The maximum absolute atomic E-state index is 12.2. The number of rotatable bonds is 8. The van der Waals surface area contributed by atoms with Gasteiger partial charge in [0.2, 0.25) is 5.91 Å². The van der Waals surface area contributed by atoms with Crippen molar-refractivity contribution < 1.29 is 14.3 Å². The van der Waals surface area contributed by atoms with Crippen molar-refractivity contribution in [2.45, 2.75) is 46.2 Å². The van der Waals surface area contributed by atoms with E-state index in [9.17, 15) is 9.59 Å². The number of nitrogens with one attached hydrogen (secondary N) is 1. The van der Waals surface area contributed by atoms with Crippen molar-refractivity contribution in [1.82, 2.24) is 10.2 Å². The molecule has 1 amide bonds. The fourth-order valence-corrected chi connectivity index (χ4v) is 1.80. The minimum absolute atomic E-state index is 0.127. The van der Waals surface area contributed by atoms with Crippen LogP contribution in [-0.4, -0.2) is 41.5 Å². The minimum Gasteiger partial charge on any atom is -0.460 e. The van der Waals surface area contributed by atoms with Gasteiger partial charge in [0.25, 0.3) is 0 Å². The number of carbonyl (C=O) groups excluding carboxylic acids is 2. The third kappa shape index (κ3) is 7.11. The number of esters is 1. The average molecular weight is 308 g/mol. The predicted molar refractivity (Wildman–Crippen MR) is 89.2 cm³/mol. The predicted octanol–water partition coefficient (Wildman–Crippen LogP) is 2.41. The number of amides is 1. The van der Waals surface area contributed by atoms with E-state index in [1.807, 2.05) is 38.8 Å². The molecule has 0 aliphatic carbocycles. The minimum atomic E-state index is -0.451. The number of hydrogen-bond donors (Lipinski definition) is 1. The van der Waals surface area contributed by atoms with E-state index in [-0.39, 0.29) is 30.6 Å². The number of carbonyl (C=O) groups is 2. The third-order valence-corrected chi connectivity index (χ3v) is 2.94. The number of nitrogens with zero attached hydrogens (tertiary/aromatic N) is 1. The van der Waals surface area contributed by atoms with Crippen LogP contribution in [0.5, 0.6) is 0 Å². The molecule has 0 radical (unpaired) electrons. The molecule has 0 aromatic carbocycles. The summed E-state index contributed by atoms with van der Waals surface area (Å²) in [6.45, 7) is 17.0. The molecule has 124 valence electrons. The van der Waals surface area contributed by atoms with Crippen molar-refractivity contribution in [3.05, 3.63) is 37.1 Å². The zero-order valence-electron chi connectivity index (χ0n) is 14.3. The Hall–Kier alpha value is -2.04. The molecule has 0 heterocycles. The van der Waals surface area contributed by atoms with Gasteiger partial charge in [0.05, 0.1) is 6.54 Å². The molecule has 0 bridgehead atoms. The zero-order valence-corrected chi connectivity index (χ0v) is 14.3. The summed E-state index contributed by atoms with van der Waals surface area (Å²) in [5, 5.41) is 2.76. The van der Waals surface area contributed by atoms with E-state index in [1.165, 1.54) is 0 Å². The van der Waals surface area contributed by atoms with Crippen LogP contribution < -0.4 is 5.32 Å². The van der Waals surface area contributed by atoms with Crippen molar-refractivity contribution in [1.29, 1.82) is 0 Å². The van der Waals surface area contributed by atoms with Crippen molar-refractivity contribution in [3.63, 3.8) is 0 Å². The summed E-state index contributed by atoms with van der Waals surface area (Å²) in [6, 6.07) is -0.354. The largest absolute Gasteiger partial charge is 0.460 e. The molecule has 0 saturated carbocycles. The second kappa shape index (κ2) is 9.07. The molecule has 0 spiro atoms. The molecule has 5 nitrogen and oxygen atoms in total. The molecular formula is C17H28N2O3. The van der Waals surface area contributed by atoms with Crippen LogP contribution in [0.15, 0.2) is 37.1 Å². The molecule has 0 aliphatic rings. The highest BCUT2D eigenvalue weighted by Gasteiger charge is 2.27. The summed E-state index contributed by atoms with van der Waals surface area (Å²) in [6.07, 6.45) is 5.31. The highest BCUT2D eigenvalue weighted by Crippen LogP contribution is 2.17. The molecular weight excluding hydrogens is 280 g/mol. The first kappa shape index (κ1) is 20.0. The Bertz CT molecular complexity index is 447. The van der Waals surface area contributed by atoms with Crippen LogP contribution in [0.3, 0.4) is 0 Å². The first-order valence-corrected chi connectivity index (χ1v) is 7.29. The lowest BCUT2D eigenvalue weighted by molar-refractivity contribution is -0.139. The van der Waals surface area contributed by atoms with Gasteiger partial charge in [-0.25, -0.2) is 4.79 Å². The van der Waals surface area contributed by atoms with E-state index in [4.69, 9.17) is 4.74 Å². The topological polar surface area (TPSA) is 58.6 Å². The Kier molecular flexibility index (Phi) is 8.23. The Balaban J connectivity index is 4.50. The molecule has 0 fully saturated rings. The van der Waals surface area contributed by atoms with Gasteiger partial charge in [-0.3, -0.25) is 4.79 Å². The van der Waals surface area contributed by atoms with E-state index in [0.29, 0.717) is 5.57 Å². The van der Waals surface area contributed by atoms with Crippen LogP contribution in [-0.2, 0) is 14.3 Å². The van der Waals surface area contributed by atoms with Crippen LogP contribution in [0, 0.1) is 0 Å². The van der Waals surface area contributed by atoms with E-state index < -0.39 is 5.97 Å². The first-order valence-electron chi connectivity index (χ1n) is 7.29. The molecule has 1 N–H and O–H groups in total. The van der Waals surface area contributed by atoms with Gasteiger partial charge in [0.1, 0.15) is 12.6 Å². The van der Waals surface area contributed by atoms with Gasteiger partial charge < -0.3 is 15.0 Å².